The van der Waals surface area contributed by atoms with E-state index in [9.17, 15) is 0 Å². The Labute approximate surface area is 152 Å². The Hall–Kier alpha value is -4.08. The van der Waals surface area contributed by atoms with E-state index in [0.717, 1.165) is 10.9 Å². The Balaban J connectivity index is 1.72. The van der Waals surface area contributed by atoms with Gasteiger partial charge in [0, 0.05) is 23.8 Å². The van der Waals surface area contributed by atoms with Crippen molar-refractivity contribution in [2.24, 2.45) is 0 Å². The minimum Gasteiger partial charge on any atom is -0.384 e. The van der Waals surface area contributed by atoms with E-state index in [2.05, 4.69) is 40.5 Å². The topological polar surface area (TPSA) is 136 Å². The van der Waals surface area contributed by atoms with Gasteiger partial charge in [-0.15, -0.1) is 0 Å². The highest BCUT2D eigenvalue weighted by Crippen LogP contribution is 2.31. The first kappa shape index (κ1) is 15.2. The van der Waals surface area contributed by atoms with Crippen molar-refractivity contribution in [1.82, 2.24) is 39.7 Å². The van der Waals surface area contributed by atoms with Crippen LogP contribution in [0, 0.1) is 6.92 Å². The number of fused-ring (bicyclic) bond motifs is 2. The van der Waals surface area contributed by atoms with Crippen molar-refractivity contribution in [3.8, 4) is 11.4 Å². The van der Waals surface area contributed by atoms with Crippen molar-refractivity contribution in [2.75, 3.05) is 11.1 Å². The molecular formula is C17H14N10. The van der Waals surface area contributed by atoms with Crippen LogP contribution in [0.25, 0.3) is 27.9 Å². The molecule has 10 nitrogen and oxygen atoms in total. The Morgan fingerprint density at radius 1 is 1.11 bits per heavy atom. The summed E-state index contributed by atoms with van der Waals surface area (Å²) in [4.78, 5) is 17.4. The summed E-state index contributed by atoms with van der Waals surface area (Å²) in [6.45, 7) is 1.79. The molecule has 0 aromatic carbocycles. The largest absolute Gasteiger partial charge is 0.384 e. The van der Waals surface area contributed by atoms with Gasteiger partial charge < -0.3 is 11.1 Å². The molecule has 0 aliphatic carbocycles. The summed E-state index contributed by atoms with van der Waals surface area (Å²) < 4.78 is 1.71. The maximum atomic E-state index is 5.92. The fraction of sp³-hybridized carbons (Fsp3) is 0.0588. The van der Waals surface area contributed by atoms with Crippen LogP contribution in [0.15, 0.2) is 42.9 Å². The van der Waals surface area contributed by atoms with Crippen LogP contribution in [0.4, 0.5) is 17.5 Å². The minimum atomic E-state index is 0.380. The average molecular weight is 358 g/mol. The van der Waals surface area contributed by atoms with Gasteiger partial charge in [-0.05, 0) is 25.1 Å². The lowest BCUT2D eigenvalue weighted by atomic mass is 10.2. The first-order valence-electron chi connectivity index (χ1n) is 8.19. The molecule has 132 valence electrons. The van der Waals surface area contributed by atoms with Gasteiger partial charge in [-0.1, -0.05) is 0 Å². The smallest absolute Gasteiger partial charge is 0.162 e. The number of anilines is 3. The summed E-state index contributed by atoms with van der Waals surface area (Å²) >= 11 is 0. The van der Waals surface area contributed by atoms with E-state index >= 15 is 0 Å². The number of nitrogens with one attached hydrogen (secondary N) is 2. The second kappa shape index (κ2) is 5.73. The maximum absolute atomic E-state index is 5.92. The number of nitrogens with two attached hydrogens (primary N) is 1. The zero-order valence-electron chi connectivity index (χ0n) is 14.2. The van der Waals surface area contributed by atoms with Crippen LogP contribution >= 0.6 is 0 Å². The normalized spacial score (nSPS) is 11.3. The molecule has 0 atom stereocenters. The van der Waals surface area contributed by atoms with E-state index < -0.39 is 0 Å². The third kappa shape index (κ3) is 2.51. The lowest BCUT2D eigenvalue weighted by Crippen LogP contribution is -2.02. The SMILES string of the molecule is Cc1nc(N)cc(-c2c(Nc3n[nH]c4cnccc34)nc3cccnn23)n1. The monoisotopic (exact) mass is 358 g/mol. The highest BCUT2D eigenvalue weighted by molar-refractivity contribution is 5.92. The molecule has 5 aromatic rings. The Morgan fingerprint density at radius 2 is 2.04 bits per heavy atom. The zero-order valence-corrected chi connectivity index (χ0v) is 14.2. The number of hydrogen-bond acceptors (Lipinski definition) is 8. The third-order valence-electron chi connectivity index (χ3n) is 4.09. The van der Waals surface area contributed by atoms with E-state index in [4.69, 9.17) is 5.73 Å². The molecule has 5 aromatic heterocycles. The van der Waals surface area contributed by atoms with E-state index in [1.165, 1.54) is 0 Å². The summed E-state index contributed by atoms with van der Waals surface area (Å²) in [5.74, 6) is 2.15. The van der Waals surface area contributed by atoms with Gasteiger partial charge in [-0.3, -0.25) is 10.1 Å². The molecule has 0 aliphatic rings. The summed E-state index contributed by atoms with van der Waals surface area (Å²) in [6.07, 6.45) is 5.12. The summed E-state index contributed by atoms with van der Waals surface area (Å²) in [5, 5.41) is 15.9. The minimum absolute atomic E-state index is 0.380. The fourth-order valence-corrected chi connectivity index (χ4v) is 2.99. The van der Waals surface area contributed by atoms with Crippen LogP contribution in [-0.4, -0.2) is 39.7 Å². The van der Waals surface area contributed by atoms with Crippen LogP contribution in [0.5, 0.6) is 0 Å². The second-order valence-electron chi connectivity index (χ2n) is 5.95. The molecule has 10 heteroatoms. The number of nitrogens with zero attached hydrogens (tertiary/aromatic N) is 7. The summed E-state index contributed by atoms with van der Waals surface area (Å²) in [5.41, 5.74) is 8.72. The number of nitrogen functional groups attached to an aromatic ring is 1. The van der Waals surface area contributed by atoms with E-state index in [1.54, 1.807) is 36.1 Å². The van der Waals surface area contributed by atoms with Crippen LogP contribution in [0.1, 0.15) is 5.82 Å². The molecule has 0 aliphatic heterocycles. The molecule has 5 heterocycles. The van der Waals surface area contributed by atoms with E-state index in [1.807, 2.05) is 18.2 Å². The van der Waals surface area contributed by atoms with Crippen molar-refractivity contribution in [1.29, 1.82) is 0 Å². The number of rotatable bonds is 3. The van der Waals surface area contributed by atoms with Crippen molar-refractivity contribution in [3.63, 3.8) is 0 Å². The summed E-state index contributed by atoms with van der Waals surface area (Å²) in [6, 6.07) is 7.27. The number of aromatic nitrogens is 8. The van der Waals surface area contributed by atoms with E-state index in [-0.39, 0.29) is 0 Å². The van der Waals surface area contributed by atoms with E-state index in [0.29, 0.717) is 40.3 Å². The summed E-state index contributed by atoms with van der Waals surface area (Å²) in [7, 11) is 0. The molecule has 0 spiro atoms. The van der Waals surface area contributed by atoms with Gasteiger partial charge in [-0.2, -0.15) is 10.2 Å². The highest BCUT2D eigenvalue weighted by atomic mass is 15.3. The molecule has 0 bridgehead atoms. The van der Waals surface area contributed by atoms with Gasteiger partial charge in [0.25, 0.3) is 0 Å². The Morgan fingerprint density at radius 3 is 2.93 bits per heavy atom. The quantitative estimate of drug-likeness (QED) is 0.446. The number of pyridine rings is 1. The van der Waals surface area contributed by atoms with Crippen LogP contribution in [0.3, 0.4) is 0 Å². The fourth-order valence-electron chi connectivity index (χ4n) is 2.99. The van der Waals surface area contributed by atoms with Gasteiger partial charge >= 0.3 is 0 Å². The molecule has 0 fully saturated rings. The molecule has 0 unspecified atom stereocenters. The average Bonchev–Trinajstić information content (AvgIpc) is 3.22. The lowest BCUT2D eigenvalue weighted by molar-refractivity contribution is 0.932. The van der Waals surface area contributed by atoms with Crippen molar-refractivity contribution < 1.29 is 0 Å². The highest BCUT2D eigenvalue weighted by Gasteiger charge is 2.19. The standard InChI is InChI=1S/C17H14N10/c1-9-21-11(7-13(18)22-9)15-17(23-14-3-2-5-20-27(14)15)24-16-10-4-6-19-8-12(10)25-26-16/h2-8H,1H3,(H2,18,21,22)(H2,24,25,26). The second-order valence-corrected chi connectivity index (χ2v) is 5.95. The third-order valence-corrected chi connectivity index (χ3v) is 4.09. The number of H-pyrrole nitrogens is 1. The first-order chi connectivity index (χ1) is 13.2. The van der Waals surface area contributed by atoms with Gasteiger partial charge in [0.15, 0.2) is 17.3 Å². The number of hydrogen-bond donors (Lipinski definition) is 3. The van der Waals surface area contributed by atoms with Crippen molar-refractivity contribution >= 4 is 34.0 Å². The van der Waals surface area contributed by atoms with Gasteiger partial charge in [0.2, 0.25) is 0 Å². The molecule has 0 saturated carbocycles. The van der Waals surface area contributed by atoms with Crippen molar-refractivity contribution in [2.45, 2.75) is 6.92 Å². The maximum Gasteiger partial charge on any atom is 0.162 e. The lowest BCUT2D eigenvalue weighted by Gasteiger charge is -2.06. The number of imidazole rings is 1. The molecule has 5 rings (SSSR count). The van der Waals surface area contributed by atoms with Gasteiger partial charge in [0.1, 0.15) is 17.3 Å². The first-order valence-corrected chi connectivity index (χ1v) is 8.19. The molecule has 0 amide bonds. The predicted octanol–water partition coefficient (Wildman–Crippen LogP) is 2.09. The number of aryl methyl sites for hydroxylation is 1. The van der Waals surface area contributed by atoms with Crippen molar-refractivity contribution in [3.05, 3.63) is 48.7 Å². The predicted molar refractivity (Wildman–Crippen MR) is 100 cm³/mol. The zero-order chi connectivity index (χ0) is 18.4. The van der Waals surface area contributed by atoms with Gasteiger partial charge in [0.05, 0.1) is 17.4 Å². The Bertz CT molecular complexity index is 1270. The molecule has 4 N–H and O–H groups in total. The number of aromatic amines is 1. The van der Waals surface area contributed by atoms with Gasteiger partial charge in [-0.25, -0.2) is 19.5 Å². The van der Waals surface area contributed by atoms with Crippen LogP contribution < -0.4 is 11.1 Å². The Kier molecular flexibility index (Phi) is 3.22. The molecule has 0 radical (unpaired) electrons. The molecule has 27 heavy (non-hydrogen) atoms. The van der Waals surface area contributed by atoms with Crippen LogP contribution in [-0.2, 0) is 0 Å². The van der Waals surface area contributed by atoms with Crippen LogP contribution in [0.2, 0.25) is 0 Å². The molecule has 0 saturated heterocycles. The molecular weight excluding hydrogens is 344 g/mol.